The van der Waals surface area contributed by atoms with Crippen molar-refractivity contribution in [2.45, 2.75) is 31.4 Å². The molecule has 1 saturated carbocycles. The maximum Gasteiger partial charge on any atom is 0.194 e. The van der Waals surface area contributed by atoms with Crippen molar-refractivity contribution in [2.75, 3.05) is 26.7 Å². The topological polar surface area (TPSA) is 54.7 Å². The third-order valence-corrected chi connectivity index (χ3v) is 5.37. The number of hydrogen-bond acceptors (Lipinski definition) is 3. The zero-order valence-electron chi connectivity index (χ0n) is 15.7. The standard InChI is InChI=1S/C20H27N5O/c1-14-6-4-5-7-16(14)17-10-18(17)23-20(21-2)25-8-9-26-19(13-25)15-11-22-24(3)12-15/h4-7,11-12,17-19H,8-10,13H2,1-3H3,(H,21,23). The maximum absolute atomic E-state index is 5.95. The molecule has 6 nitrogen and oxygen atoms in total. The molecular formula is C20H27N5O. The van der Waals surface area contributed by atoms with E-state index < -0.39 is 0 Å². The Morgan fingerprint density at radius 2 is 2.19 bits per heavy atom. The highest BCUT2D eigenvalue weighted by Gasteiger charge is 2.40. The SMILES string of the molecule is CN=C(NC1CC1c1ccccc1C)N1CCOC(c2cnn(C)c2)C1. The molecule has 1 aromatic carbocycles. The highest BCUT2D eigenvalue weighted by atomic mass is 16.5. The Balaban J connectivity index is 1.39. The molecule has 1 aromatic heterocycles. The van der Waals surface area contributed by atoms with Crippen LogP contribution in [0.1, 0.15) is 35.1 Å². The van der Waals surface area contributed by atoms with Crippen molar-refractivity contribution in [3.05, 3.63) is 53.3 Å². The number of benzene rings is 1. The average molecular weight is 353 g/mol. The number of guanidine groups is 1. The van der Waals surface area contributed by atoms with Crippen molar-refractivity contribution in [3.63, 3.8) is 0 Å². The summed E-state index contributed by atoms with van der Waals surface area (Å²) in [6, 6.07) is 9.15. The van der Waals surface area contributed by atoms with Gasteiger partial charge in [0.15, 0.2) is 5.96 Å². The van der Waals surface area contributed by atoms with Crippen molar-refractivity contribution in [1.29, 1.82) is 0 Å². The van der Waals surface area contributed by atoms with Crippen LogP contribution in [0.15, 0.2) is 41.7 Å². The molecule has 3 unspecified atom stereocenters. The summed E-state index contributed by atoms with van der Waals surface area (Å²) in [5, 5.41) is 7.93. The second-order valence-electron chi connectivity index (χ2n) is 7.25. The molecule has 6 heteroatoms. The summed E-state index contributed by atoms with van der Waals surface area (Å²) in [5.41, 5.74) is 3.95. The predicted molar refractivity (Wildman–Crippen MR) is 102 cm³/mol. The van der Waals surface area contributed by atoms with Gasteiger partial charge in [-0.15, -0.1) is 0 Å². The van der Waals surface area contributed by atoms with Gasteiger partial charge < -0.3 is 15.0 Å². The molecule has 26 heavy (non-hydrogen) atoms. The van der Waals surface area contributed by atoms with Gasteiger partial charge in [0.05, 0.1) is 19.3 Å². The summed E-state index contributed by atoms with van der Waals surface area (Å²) < 4.78 is 7.77. The monoisotopic (exact) mass is 353 g/mol. The Bertz CT molecular complexity index is 799. The Kier molecular flexibility index (Phi) is 4.68. The Morgan fingerprint density at radius 3 is 2.92 bits per heavy atom. The molecule has 1 aliphatic heterocycles. The van der Waals surface area contributed by atoms with Crippen molar-refractivity contribution < 1.29 is 4.74 Å². The summed E-state index contributed by atoms with van der Waals surface area (Å²) in [6.45, 7) is 4.55. The van der Waals surface area contributed by atoms with Crippen LogP contribution in [-0.2, 0) is 11.8 Å². The minimum Gasteiger partial charge on any atom is -0.370 e. The molecular weight excluding hydrogens is 326 g/mol. The molecule has 1 aliphatic carbocycles. The van der Waals surface area contributed by atoms with E-state index in [1.807, 2.05) is 31.2 Å². The highest BCUT2D eigenvalue weighted by Crippen LogP contribution is 2.42. The van der Waals surface area contributed by atoms with E-state index in [2.05, 4.69) is 51.5 Å². The van der Waals surface area contributed by atoms with E-state index in [4.69, 9.17) is 4.74 Å². The first-order chi connectivity index (χ1) is 12.7. The van der Waals surface area contributed by atoms with E-state index in [9.17, 15) is 0 Å². The first kappa shape index (κ1) is 17.1. The third-order valence-electron chi connectivity index (χ3n) is 5.37. The molecule has 0 radical (unpaired) electrons. The normalized spacial score (nSPS) is 26.0. The zero-order chi connectivity index (χ0) is 18.1. The van der Waals surface area contributed by atoms with Gasteiger partial charge in [0.1, 0.15) is 6.10 Å². The van der Waals surface area contributed by atoms with Crippen molar-refractivity contribution in [3.8, 4) is 0 Å². The van der Waals surface area contributed by atoms with E-state index in [0.29, 0.717) is 18.6 Å². The van der Waals surface area contributed by atoms with Crippen LogP contribution in [0.5, 0.6) is 0 Å². The Hall–Kier alpha value is -2.34. The fourth-order valence-electron chi connectivity index (χ4n) is 3.81. The van der Waals surface area contributed by atoms with Gasteiger partial charge in [-0.3, -0.25) is 9.67 Å². The summed E-state index contributed by atoms with van der Waals surface area (Å²) in [4.78, 5) is 6.83. The number of aliphatic imine (C=N–C) groups is 1. The number of ether oxygens (including phenoxy) is 1. The molecule has 4 rings (SSSR count). The quantitative estimate of drug-likeness (QED) is 0.679. The van der Waals surface area contributed by atoms with Gasteiger partial charge >= 0.3 is 0 Å². The van der Waals surface area contributed by atoms with E-state index in [1.165, 1.54) is 17.5 Å². The number of aromatic nitrogens is 2. The largest absolute Gasteiger partial charge is 0.370 e. The summed E-state index contributed by atoms with van der Waals surface area (Å²) in [7, 11) is 3.80. The average Bonchev–Trinajstić information content (AvgIpc) is 3.29. The van der Waals surface area contributed by atoms with E-state index in [1.54, 1.807) is 0 Å². The smallest absolute Gasteiger partial charge is 0.194 e. The van der Waals surface area contributed by atoms with Gasteiger partial charge in [-0.05, 0) is 24.5 Å². The molecule has 0 bridgehead atoms. The Morgan fingerprint density at radius 1 is 1.35 bits per heavy atom. The third kappa shape index (κ3) is 3.46. The minimum absolute atomic E-state index is 0.0439. The maximum atomic E-state index is 5.95. The minimum atomic E-state index is 0.0439. The second kappa shape index (κ2) is 7.11. The lowest BCUT2D eigenvalue weighted by molar-refractivity contribution is -0.00806. The first-order valence-corrected chi connectivity index (χ1v) is 9.29. The van der Waals surface area contributed by atoms with Crippen LogP contribution in [0.3, 0.4) is 0 Å². The molecule has 0 amide bonds. The molecule has 2 fully saturated rings. The molecule has 138 valence electrons. The van der Waals surface area contributed by atoms with Crippen LogP contribution in [0.4, 0.5) is 0 Å². The number of aryl methyl sites for hydroxylation is 2. The van der Waals surface area contributed by atoms with Gasteiger partial charge in [-0.1, -0.05) is 24.3 Å². The van der Waals surface area contributed by atoms with Gasteiger partial charge in [0.25, 0.3) is 0 Å². The van der Waals surface area contributed by atoms with Crippen LogP contribution in [0, 0.1) is 6.92 Å². The number of morpholine rings is 1. The van der Waals surface area contributed by atoms with Crippen LogP contribution in [0.25, 0.3) is 0 Å². The first-order valence-electron chi connectivity index (χ1n) is 9.29. The van der Waals surface area contributed by atoms with Gasteiger partial charge in [0, 0.05) is 44.4 Å². The number of rotatable bonds is 3. The molecule has 3 atom stereocenters. The van der Waals surface area contributed by atoms with Crippen LogP contribution in [0.2, 0.25) is 0 Å². The number of hydrogen-bond donors (Lipinski definition) is 1. The molecule has 1 saturated heterocycles. The van der Waals surface area contributed by atoms with E-state index in [-0.39, 0.29) is 6.10 Å². The lowest BCUT2D eigenvalue weighted by Gasteiger charge is -2.35. The van der Waals surface area contributed by atoms with Gasteiger partial charge in [0.2, 0.25) is 0 Å². The lowest BCUT2D eigenvalue weighted by atomic mass is 10.0. The zero-order valence-corrected chi connectivity index (χ0v) is 15.7. The van der Waals surface area contributed by atoms with E-state index in [0.717, 1.165) is 24.6 Å². The number of nitrogens with zero attached hydrogens (tertiary/aromatic N) is 4. The fraction of sp³-hybridized carbons (Fsp3) is 0.500. The Labute approximate surface area is 154 Å². The molecule has 2 aromatic rings. The highest BCUT2D eigenvalue weighted by molar-refractivity contribution is 5.81. The fourth-order valence-corrected chi connectivity index (χ4v) is 3.81. The lowest BCUT2D eigenvalue weighted by Crippen LogP contribution is -2.48. The molecule has 2 heterocycles. The molecule has 1 N–H and O–H groups in total. The number of nitrogens with one attached hydrogen (secondary N) is 1. The van der Waals surface area contributed by atoms with Crippen LogP contribution >= 0.6 is 0 Å². The van der Waals surface area contributed by atoms with Crippen LogP contribution < -0.4 is 5.32 Å². The van der Waals surface area contributed by atoms with Crippen molar-refractivity contribution in [1.82, 2.24) is 20.0 Å². The van der Waals surface area contributed by atoms with Gasteiger partial charge in [-0.2, -0.15) is 5.10 Å². The summed E-state index contributed by atoms with van der Waals surface area (Å²) in [6.07, 6.45) is 5.13. The van der Waals surface area contributed by atoms with Gasteiger partial charge in [-0.25, -0.2) is 0 Å². The predicted octanol–water partition coefficient (Wildman–Crippen LogP) is 2.23. The van der Waals surface area contributed by atoms with Crippen molar-refractivity contribution >= 4 is 5.96 Å². The second-order valence-corrected chi connectivity index (χ2v) is 7.25. The summed E-state index contributed by atoms with van der Waals surface area (Å²) >= 11 is 0. The summed E-state index contributed by atoms with van der Waals surface area (Å²) in [5.74, 6) is 1.56. The molecule has 0 spiro atoms. The molecule has 2 aliphatic rings. The van der Waals surface area contributed by atoms with Crippen LogP contribution in [-0.4, -0.2) is 53.4 Å². The van der Waals surface area contributed by atoms with Crippen molar-refractivity contribution in [2.24, 2.45) is 12.0 Å². The van der Waals surface area contributed by atoms with E-state index >= 15 is 0 Å².